The first-order valence-corrected chi connectivity index (χ1v) is 7.12. The average Bonchev–Trinajstić information content (AvgIpc) is 3.09. The van der Waals surface area contributed by atoms with Gasteiger partial charge in [0, 0.05) is 11.8 Å². The largest absolute Gasteiger partial charge is 0.436 e. The number of fused-ring (bicyclic) bond motifs is 1. The standard InChI is InChI=1S/C11H6Cl4O2/c12-7-8(13)11(15)6-4-1-2(4)3(1)5(6)10(7,14)9(16)17-11/h1-6H. The van der Waals surface area contributed by atoms with E-state index in [9.17, 15) is 4.79 Å². The molecule has 2 heterocycles. The van der Waals surface area contributed by atoms with Crippen LogP contribution in [0, 0.1) is 35.5 Å². The lowest BCUT2D eigenvalue weighted by atomic mass is 9.72. The second kappa shape index (κ2) is 2.37. The highest BCUT2D eigenvalue weighted by Gasteiger charge is 2.93. The van der Waals surface area contributed by atoms with Crippen molar-refractivity contribution in [3.8, 4) is 0 Å². The van der Waals surface area contributed by atoms with Crippen LogP contribution in [0.25, 0.3) is 0 Å². The van der Waals surface area contributed by atoms with Gasteiger partial charge in [-0.05, 0) is 23.7 Å². The molecule has 6 heteroatoms. The normalized spacial score (nSPS) is 68.8. The molecular formula is C11H6Cl4O2. The van der Waals surface area contributed by atoms with E-state index in [1.165, 1.54) is 0 Å². The highest BCUT2D eigenvalue weighted by atomic mass is 35.5. The zero-order chi connectivity index (χ0) is 11.9. The second-order valence-electron chi connectivity index (χ2n) is 5.74. The molecule has 7 aliphatic rings. The SMILES string of the molecule is O=C1OC2(Cl)C(Cl)=C(Cl)C1(Cl)C1C3C4C3C4C12. The maximum absolute atomic E-state index is 12.0. The topological polar surface area (TPSA) is 26.3 Å². The Morgan fingerprint density at radius 2 is 1.53 bits per heavy atom. The lowest BCUT2D eigenvalue weighted by Crippen LogP contribution is -2.62. The van der Waals surface area contributed by atoms with Gasteiger partial charge in [-0.2, -0.15) is 0 Å². The van der Waals surface area contributed by atoms with Gasteiger partial charge in [-0.1, -0.05) is 34.8 Å². The number of halogens is 4. The molecule has 4 saturated carbocycles. The Morgan fingerprint density at radius 1 is 0.941 bits per heavy atom. The molecule has 5 aliphatic carbocycles. The predicted octanol–water partition coefficient (Wildman–Crippen LogP) is 2.90. The van der Waals surface area contributed by atoms with Crippen LogP contribution in [0.15, 0.2) is 10.1 Å². The van der Waals surface area contributed by atoms with Crippen LogP contribution in [0.2, 0.25) is 0 Å². The lowest BCUT2D eigenvalue weighted by Gasteiger charge is -2.52. The maximum atomic E-state index is 12.0. The summed E-state index contributed by atoms with van der Waals surface area (Å²) in [6, 6.07) is 0. The number of esters is 1. The number of carbonyl (C=O) groups is 1. The van der Waals surface area contributed by atoms with E-state index in [1.807, 2.05) is 0 Å². The Bertz CT molecular complexity index is 536. The number of carbonyl (C=O) groups excluding carboxylic acids is 1. The van der Waals surface area contributed by atoms with Gasteiger partial charge in [0.1, 0.15) is 0 Å². The summed E-state index contributed by atoms with van der Waals surface area (Å²) in [4.78, 5) is 10.8. The van der Waals surface area contributed by atoms with Gasteiger partial charge in [0.15, 0.2) is 4.87 Å². The van der Waals surface area contributed by atoms with Gasteiger partial charge < -0.3 is 4.74 Å². The number of ether oxygens (including phenoxy) is 1. The minimum atomic E-state index is -1.27. The molecule has 5 fully saturated rings. The van der Waals surface area contributed by atoms with Crippen molar-refractivity contribution in [2.75, 3.05) is 0 Å². The van der Waals surface area contributed by atoms with Crippen LogP contribution in [0.1, 0.15) is 0 Å². The monoisotopic (exact) mass is 310 g/mol. The van der Waals surface area contributed by atoms with Gasteiger partial charge in [0.25, 0.3) is 0 Å². The quantitative estimate of drug-likeness (QED) is 0.508. The van der Waals surface area contributed by atoms with Crippen LogP contribution in [0.5, 0.6) is 0 Å². The van der Waals surface area contributed by atoms with E-state index in [2.05, 4.69) is 0 Å². The Hall–Kier alpha value is 0.370. The molecule has 0 spiro atoms. The predicted molar refractivity (Wildman–Crippen MR) is 62.9 cm³/mol. The molecule has 90 valence electrons. The van der Waals surface area contributed by atoms with Gasteiger partial charge in [-0.15, -0.1) is 11.6 Å². The molecule has 1 saturated heterocycles. The molecule has 4 bridgehead atoms. The molecule has 6 unspecified atom stereocenters. The molecule has 0 aromatic rings. The lowest BCUT2D eigenvalue weighted by molar-refractivity contribution is -0.169. The summed E-state index contributed by atoms with van der Waals surface area (Å²) in [7, 11) is 0. The summed E-state index contributed by atoms with van der Waals surface area (Å²) < 4.78 is 5.30. The average molecular weight is 312 g/mol. The van der Waals surface area contributed by atoms with E-state index >= 15 is 0 Å². The van der Waals surface area contributed by atoms with E-state index in [4.69, 9.17) is 51.1 Å². The minimum absolute atomic E-state index is 0.0120. The Balaban J connectivity index is 1.83. The Labute approximate surface area is 117 Å². The van der Waals surface area contributed by atoms with Gasteiger partial charge in [-0.25, -0.2) is 4.79 Å². The molecule has 2 nitrogen and oxygen atoms in total. The van der Waals surface area contributed by atoms with E-state index in [0.717, 1.165) is 0 Å². The first-order valence-electron chi connectivity index (χ1n) is 5.61. The third-order valence-electron chi connectivity index (χ3n) is 5.39. The van der Waals surface area contributed by atoms with Crippen molar-refractivity contribution in [2.24, 2.45) is 35.5 Å². The molecule has 2 aliphatic heterocycles. The van der Waals surface area contributed by atoms with E-state index in [-0.39, 0.29) is 21.9 Å². The summed E-state index contributed by atoms with van der Waals surface area (Å²) in [5.74, 6) is 1.94. The van der Waals surface area contributed by atoms with Crippen LogP contribution in [0.4, 0.5) is 0 Å². The smallest absolute Gasteiger partial charge is 0.335 e. The number of hydrogen-bond donors (Lipinski definition) is 0. The zero-order valence-corrected chi connectivity index (χ0v) is 11.3. The molecule has 17 heavy (non-hydrogen) atoms. The van der Waals surface area contributed by atoms with Crippen molar-refractivity contribution >= 4 is 52.4 Å². The summed E-state index contributed by atoms with van der Waals surface area (Å²) in [6.45, 7) is 0. The zero-order valence-electron chi connectivity index (χ0n) is 8.29. The van der Waals surface area contributed by atoms with Crippen LogP contribution in [-0.4, -0.2) is 15.9 Å². The van der Waals surface area contributed by atoms with Crippen molar-refractivity contribution < 1.29 is 9.53 Å². The van der Waals surface area contributed by atoms with E-state index in [0.29, 0.717) is 23.7 Å². The van der Waals surface area contributed by atoms with Gasteiger partial charge in [0.05, 0.1) is 10.1 Å². The molecule has 0 N–H and O–H groups in total. The second-order valence-corrected chi connectivity index (χ2v) is 7.65. The Kier molecular flexibility index (Phi) is 1.42. The molecule has 0 aromatic heterocycles. The van der Waals surface area contributed by atoms with E-state index in [1.54, 1.807) is 0 Å². The highest BCUT2D eigenvalue weighted by molar-refractivity contribution is 6.53. The number of alkyl halides is 2. The minimum Gasteiger partial charge on any atom is -0.436 e. The molecule has 0 radical (unpaired) electrons. The van der Waals surface area contributed by atoms with Gasteiger partial charge in [-0.3, -0.25) is 0 Å². The van der Waals surface area contributed by atoms with Crippen LogP contribution >= 0.6 is 46.4 Å². The van der Waals surface area contributed by atoms with Crippen molar-refractivity contribution in [3.63, 3.8) is 0 Å². The summed E-state index contributed by atoms with van der Waals surface area (Å²) in [5, 5.41) is -0.858. The fourth-order valence-electron chi connectivity index (χ4n) is 4.71. The van der Waals surface area contributed by atoms with Crippen LogP contribution < -0.4 is 0 Å². The van der Waals surface area contributed by atoms with Crippen molar-refractivity contribution in [1.82, 2.24) is 0 Å². The summed E-state index contributed by atoms with van der Waals surface area (Å²) >= 11 is 25.3. The summed E-state index contributed by atoms with van der Waals surface area (Å²) in [5.41, 5.74) is 0. The van der Waals surface area contributed by atoms with Crippen molar-refractivity contribution in [2.45, 2.75) is 9.93 Å². The number of rotatable bonds is 0. The summed E-state index contributed by atoms with van der Waals surface area (Å²) in [6.07, 6.45) is 0. The number of hydrogen-bond acceptors (Lipinski definition) is 2. The maximum Gasteiger partial charge on any atom is 0.335 e. The van der Waals surface area contributed by atoms with Gasteiger partial charge in [0.2, 0.25) is 5.06 Å². The molecule has 0 aromatic carbocycles. The first-order chi connectivity index (χ1) is 7.94. The van der Waals surface area contributed by atoms with Crippen molar-refractivity contribution in [1.29, 1.82) is 0 Å². The molecule has 6 atom stereocenters. The fraction of sp³-hybridized carbons (Fsp3) is 0.727. The molecular weight excluding hydrogens is 306 g/mol. The molecule has 0 amide bonds. The third kappa shape index (κ3) is 0.745. The van der Waals surface area contributed by atoms with Crippen LogP contribution in [-0.2, 0) is 9.53 Å². The van der Waals surface area contributed by atoms with Gasteiger partial charge >= 0.3 is 5.97 Å². The third-order valence-corrected chi connectivity index (χ3v) is 7.75. The van der Waals surface area contributed by atoms with E-state index < -0.39 is 15.9 Å². The Morgan fingerprint density at radius 3 is 2.18 bits per heavy atom. The van der Waals surface area contributed by atoms with Crippen molar-refractivity contribution in [3.05, 3.63) is 10.1 Å². The van der Waals surface area contributed by atoms with Crippen LogP contribution in [0.3, 0.4) is 0 Å². The first kappa shape index (κ1) is 10.2. The highest BCUT2D eigenvalue weighted by Crippen LogP contribution is 2.91. The molecule has 7 rings (SSSR count). The fourth-order valence-corrected chi connectivity index (χ4v) is 6.33.